The maximum absolute atomic E-state index is 12.5. The average Bonchev–Trinajstić information content (AvgIpc) is 3.44. The fourth-order valence-electron chi connectivity index (χ4n) is 2.84. The molecule has 3 rings (SSSR count). The Bertz CT molecular complexity index is 1070. The Labute approximate surface area is 193 Å². The monoisotopic (exact) mass is 479 g/mol. The third kappa shape index (κ3) is 5.52. The summed E-state index contributed by atoms with van der Waals surface area (Å²) in [6.07, 6.45) is 0.983. The van der Waals surface area contributed by atoms with Crippen LogP contribution in [0.1, 0.15) is 54.0 Å². The van der Waals surface area contributed by atoms with Crippen molar-refractivity contribution in [3.05, 3.63) is 26.9 Å². The highest BCUT2D eigenvalue weighted by Gasteiger charge is 2.20. The number of esters is 1. The molecule has 0 saturated heterocycles. The van der Waals surface area contributed by atoms with Gasteiger partial charge in [0.15, 0.2) is 16.1 Å². The summed E-state index contributed by atoms with van der Waals surface area (Å²) in [5.41, 5.74) is 1.59. The Hall–Kier alpha value is -2.24. The molecule has 8 nitrogen and oxygen atoms in total. The van der Waals surface area contributed by atoms with Crippen molar-refractivity contribution in [2.75, 3.05) is 17.7 Å². The fourth-order valence-corrected chi connectivity index (χ4v) is 5.40. The van der Waals surface area contributed by atoms with Gasteiger partial charge in [-0.25, -0.2) is 9.78 Å². The van der Waals surface area contributed by atoms with Crippen LogP contribution in [0.4, 0.5) is 5.13 Å². The number of carbonyl (C=O) groups excluding carboxylic acids is 2. The molecule has 3 aromatic heterocycles. The predicted molar refractivity (Wildman–Crippen MR) is 125 cm³/mol. The van der Waals surface area contributed by atoms with Gasteiger partial charge in [-0.2, -0.15) is 0 Å². The summed E-state index contributed by atoms with van der Waals surface area (Å²) in [5.74, 6) is 0.313. The second-order valence-electron chi connectivity index (χ2n) is 6.92. The number of aromatic nitrogens is 4. The highest BCUT2D eigenvalue weighted by atomic mass is 32.2. The molecule has 0 atom stereocenters. The molecular weight excluding hydrogens is 454 g/mol. The minimum absolute atomic E-state index is 0.147. The van der Waals surface area contributed by atoms with E-state index in [1.54, 1.807) is 25.2 Å². The maximum atomic E-state index is 12.5. The van der Waals surface area contributed by atoms with Gasteiger partial charge < -0.3 is 10.1 Å². The number of carbonyl (C=O) groups is 2. The Morgan fingerprint density at radius 3 is 2.71 bits per heavy atom. The van der Waals surface area contributed by atoms with Crippen LogP contribution >= 0.6 is 34.4 Å². The number of ether oxygens (including phenoxy) is 1. The van der Waals surface area contributed by atoms with Crippen molar-refractivity contribution in [1.29, 1.82) is 0 Å². The molecule has 0 spiro atoms. The lowest BCUT2D eigenvalue weighted by Crippen LogP contribution is -2.15. The van der Waals surface area contributed by atoms with Crippen LogP contribution in [0.25, 0.3) is 11.4 Å². The lowest BCUT2D eigenvalue weighted by molar-refractivity contribution is -0.113. The topological polar surface area (TPSA) is 99.0 Å². The molecule has 31 heavy (non-hydrogen) atoms. The van der Waals surface area contributed by atoms with Crippen molar-refractivity contribution in [2.45, 2.75) is 52.2 Å². The van der Waals surface area contributed by atoms with Crippen LogP contribution in [-0.2, 0) is 16.0 Å². The standard InChI is InChI=1S/C20H25N5O3S3/c1-6-14-8-13(9-29-14)17-23-24-20(25(17)11(3)4)30-10-15(26)22-19-21-12(5)16(31-19)18(27)28-7-2/h8-9,11H,6-7,10H2,1-5H3,(H,21,22,26). The molecule has 0 fully saturated rings. The fraction of sp³-hybridized carbons (Fsp3) is 0.450. The van der Waals surface area contributed by atoms with Gasteiger partial charge in [-0.1, -0.05) is 30.0 Å². The van der Waals surface area contributed by atoms with E-state index in [1.165, 1.54) is 16.6 Å². The first-order chi connectivity index (χ1) is 14.8. The van der Waals surface area contributed by atoms with Gasteiger partial charge in [-0.3, -0.25) is 9.36 Å². The van der Waals surface area contributed by atoms with Gasteiger partial charge >= 0.3 is 5.97 Å². The number of nitrogens with one attached hydrogen (secondary N) is 1. The van der Waals surface area contributed by atoms with Crippen molar-refractivity contribution in [3.63, 3.8) is 0 Å². The molecule has 1 amide bonds. The summed E-state index contributed by atoms with van der Waals surface area (Å²) >= 11 is 4.15. The van der Waals surface area contributed by atoms with Crippen molar-refractivity contribution in [1.82, 2.24) is 19.7 Å². The third-order valence-electron chi connectivity index (χ3n) is 4.28. The molecule has 0 unspecified atom stereocenters. The molecule has 166 valence electrons. The van der Waals surface area contributed by atoms with Gasteiger partial charge in [0.25, 0.3) is 0 Å². The zero-order valence-corrected chi connectivity index (χ0v) is 20.5. The number of amides is 1. The average molecular weight is 480 g/mol. The number of thioether (sulfide) groups is 1. The van der Waals surface area contributed by atoms with Gasteiger partial charge in [0.1, 0.15) is 4.88 Å². The summed E-state index contributed by atoms with van der Waals surface area (Å²) < 4.78 is 7.06. The maximum Gasteiger partial charge on any atom is 0.350 e. The normalized spacial score (nSPS) is 11.2. The molecule has 11 heteroatoms. The Kier molecular flexibility index (Phi) is 7.84. The van der Waals surface area contributed by atoms with E-state index in [4.69, 9.17) is 4.74 Å². The van der Waals surface area contributed by atoms with E-state index in [9.17, 15) is 9.59 Å². The summed E-state index contributed by atoms with van der Waals surface area (Å²) in [6, 6.07) is 2.29. The van der Waals surface area contributed by atoms with Crippen LogP contribution in [-0.4, -0.2) is 44.0 Å². The molecule has 0 radical (unpaired) electrons. The molecular formula is C20H25N5O3S3. The van der Waals surface area contributed by atoms with Gasteiger partial charge in [0, 0.05) is 21.9 Å². The van der Waals surface area contributed by atoms with Gasteiger partial charge in [-0.05, 0) is 40.2 Å². The Morgan fingerprint density at radius 2 is 2.06 bits per heavy atom. The van der Waals surface area contributed by atoms with Crippen molar-refractivity contribution in [3.8, 4) is 11.4 Å². The van der Waals surface area contributed by atoms with E-state index < -0.39 is 5.97 Å². The van der Waals surface area contributed by atoms with Crippen LogP contribution in [0, 0.1) is 6.92 Å². The lowest BCUT2D eigenvalue weighted by atomic mass is 10.2. The van der Waals surface area contributed by atoms with E-state index in [0.717, 1.165) is 29.1 Å². The summed E-state index contributed by atoms with van der Waals surface area (Å²) in [7, 11) is 0. The lowest BCUT2D eigenvalue weighted by Gasteiger charge is -2.13. The quantitative estimate of drug-likeness (QED) is 0.347. The van der Waals surface area contributed by atoms with Crippen molar-refractivity contribution < 1.29 is 14.3 Å². The van der Waals surface area contributed by atoms with Gasteiger partial charge in [-0.15, -0.1) is 21.5 Å². The number of hydrogen-bond acceptors (Lipinski definition) is 9. The van der Waals surface area contributed by atoms with Crippen molar-refractivity contribution in [2.24, 2.45) is 0 Å². The Morgan fingerprint density at radius 1 is 1.29 bits per heavy atom. The first-order valence-electron chi connectivity index (χ1n) is 9.93. The van der Waals surface area contributed by atoms with Crippen LogP contribution in [0.3, 0.4) is 0 Å². The second-order valence-corrected chi connectivity index (χ2v) is 9.85. The summed E-state index contributed by atoms with van der Waals surface area (Å²) in [5, 5.41) is 14.6. The molecule has 3 aromatic rings. The Balaban J connectivity index is 1.68. The van der Waals surface area contributed by atoms with Crippen LogP contribution in [0.15, 0.2) is 16.6 Å². The molecule has 0 aliphatic heterocycles. The summed E-state index contributed by atoms with van der Waals surface area (Å²) in [6.45, 7) is 10.0. The highest BCUT2D eigenvalue weighted by molar-refractivity contribution is 7.99. The molecule has 0 aromatic carbocycles. The first-order valence-corrected chi connectivity index (χ1v) is 12.6. The molecule has 3 heterocycles. The SMILES string of the molecule is CCOC(=O)c1sc(NC(=O)CSc2nnc(-c3csc(CC)c3)n2C(C)C)nc1C. The van der Waals surface area contributed by atoms with Gasteiger partial charge in [0.05, 0.1) is 18.1 Å². The smallest absolute Gasteiger partial charge is 0.350 e. The van der Waals surface area contributed by atoms with E-state index >= 15 is 0 Å². The molecule has 0 aliphatic carbocycles. The second kappa shape index (κ2) is 10.4. The number of hydrogen-bond donors (Lipinski definition) is 1. The minimum atomic E-state index is -0.426. The zero-order valence-electron chi connectivity index (χ0n) is 18.1. The number of thiophene rings is 1. The van der Waals surface area contributed by atoms with Crippen LogP contribution in [0.5, 0.6) is 0 Å². The predicted octanol–water partition coefficient (Wildman–Crippen LogP) is 4.82. The van der Waals surface area contributed by atoms with E-state index in [2.05, 4.69) is 52.7 Å². The summed E-state index contributed by atoms with van der Waals surface area (Å²) in [4.78, 5) is 30.3. The van der Waals surface area contributed by atoms with Crippen LogP contribution in [0.2, 0.25) is 0 Å². The number of nitrogens with zero attached hydrogens (tertiary/aromatic N) is 4. The third-order valence-corrected chi connectivity index (χ3v) is 7.35. The zero-order chi connectivity index (χ0) is 22.5. The minimum Gasteiger partial charge on any atom is -0.462 e. The highest BCUT2D eigenvalue weighted by Crippen LogP contribution is 2.31. The van der Waals surface area contributed by atoms with E-state index in [-0.39, 0.29) is 24.3 Å². The largest absolute Gasteiger partial charge is 0.462 e. The van der Waals surface area contributed by atoms with Crippen molar-refractivity contribution >= 4 is 51.4 Å². The number of aryl methyl sites for hydroxylation is 2. The molecule has 1 N–H and O–H groups in total. The van der Waals surface area contributed by atoms with Gasteiger partial charge in [0.2, 0.25) is 5.91 Å². The first kappa shape index (κ1) is 23.4. The van der Waals surface area contributed by atoms with Crippen LogP contribution < -0.4 is 5.32 Å². The number of anilines is 1. The molecule has 0 bridgehead atoms. The van der Waals surface area contributed by atoms with E-state index in [0.29, 0.717) is 20.9 Å². The molecule has 0 saturated carbocycles. The number of rotatable bonds is 9. The molecule has 0 aliphatic rings. The van der Waals surface area contributed by atoms with E-state index in [1.807, 2.05) is 4.57 Å². The number of thiazole rings is 1.